The van der Waals surface area contributed by atoms with Crippen LogP contribution in [-0.4, -0.2) is 54.3 Å². The number of hydrogen-bond donors (Lipinski definition) is 0. The van der Waals surface area contributed by atoms with Gasteiger partial charge in [-0.1, -0.05) is 23.2 Å². The molecular weight excluding hydrogens is 411 g/mol. The van der Waals surface area contributed by atoms with Gasteiger partial charge in [0.05, 0.1) is 11.1 Å². The molecule has 29 heavy (non-hydrogen) atoms. The van der Waals surface area contributed by atoms with E-state index in [2.05, 4.69) is 4.90 Å². The summed E-state index contributed by atoms with van der Waals surface area (Å²) in [7, 11) is 1.78. The average molecular weight is 443 g/mol. The lowest BCUT2D eigenvalue weighted by Gasteiger charge is -2.38. The van der Waals surface area contributed by atoms with Gasteiger partial charge in [-0.3, -0.25) is 4.90 Å². The zero-order valence-electron chi connectivity index (χ0n) is 17.8. The SMILES string of the molecule is CN(CC1CC(Oc2cc(Cl)c(CN3CCCC3)cc2Cl)C1)C(=O)OC(C)(C)C. The molecule has 1 aliphatic heterocycles. The number of likely N-dealkylation sites (tertiary alicyclic amines) is 1. The maximum absolute atomic E-state index is 12.1. The zero-order chi connectivity index (χ0) is 21.2. The first-order chi connectivity index (χ1) is 13.6. The molecule has 1 saturated heterocycles. The van der Waals surface area contributed by atoms with E-state index < -0.39 is 5.60 Å². The fourth-order valence-electron chi connectivity index (χ4n) is 3.86. The number of nitrogens with zero attached hydrogens (tertiary/aromatic N) is 2. The van der Waals surface area contributed by atoms with Crippen LogP contribution in [0.4, 0.5) is 4.79 Å². The highest BCUT2D eigenvalue weighted by Gasteiger charge is 2.34. The predicted octanol–water partition coefficient (Wildman–Crippen LogP) is 5.61. The van der Waals surface area contributed by atoms with E-state index >= 15 is 0 Å². The van der Waals surface area contributed by atoms with Crippen molar-refractivity contribution < 1.29 is 14.3 Å². The van der Waals surface area contributed by atoms with E-state index in [1.807, 2.05) is 32.9 Å². The van der Waals surface area contributed by atoms with Crippen molar-refractivity contribution in [3.05, 3.63) is 27.7 Å². The van der Waals surface area contributed by atoms with Crippen LogP contribution in [-0.2, 0) is 11.3 Å². The lowest BCUT2D eigenvalue weighted by Crippen LogP contribution is -2.43. The third kappa shape index (κ3) is 6.40. The second-order valence-electron chi connectivity index (χ2n) is 9.30. The lowest BCUT2D eigenvalue weighted by molar-refractivity contribution is 0.0118. The number of carbonyl (C=O) groups is 1. The molecule has 0 aromatic heterocycles. The Bertz CT molecular complexity index is 724. The molecule has 0 spiro atoms. The molecule has 0 bridgehead atoms. The number of halogens is 2. The summed E-state index contributed by atoms with van der Waals surface area (Å²) in [6, 6.07) is 3.78. The highest BCUT2D eigenvalue weighted by Crippen LogP contribution is 2.37. The third-order valence-electron chi connectivity index (χ3n) is 5.42. The van der Waals surface area contributed by atoms with Gasteiger partial charge >= 0.3 is 6.09 Å². The minimum Gasteiger partial charge on any atom is -0.489 e. The molecule has 1 aromatic carbocycles. The molecule has 0 unspecified atom stereocenters. The molecule has 1 aromatic rings. The Morgan fingerprint density at radius 1 is 1.17 bits per heavy atom. The fourth-order valence-corrected chi connectivity index (χ4v) is 4.31. The van der Waals surface area contributed by atoms with Crippen molar-refractivity contribution in [2.75, 3.05) is 26.7 Å². The molecule has 1 aliphatic carbocycles. The van der Waals surface area contributed by atoms with Gasteiger partial charge in [0.15, 0.2) is 0 Å². The molecule has 2 fully saturated rings. The Morgan fingerprint density at radius 2 is 1.83 bits per heavy atom. The van der Waals surface area contributed by atoms with Crippen molar-refractivity contribution in [3.8, 4) is 5.75 Å². The van der Waals surface area contributed by atoms with Gasteiger partial charge in [0.1, 0.15) is 11.4 Å². The van der Waals surface area contributed by atoms with Crippen molar-refractivity contribution in [2.24, 2.45) is 5.92 Å². The number of carbonyl (C=O) groups excluding carboxylic acids is 1. The summed E-state index contributed by atoms with van der Waals surface area (Å²) in [5.41, 5.74) is 0.574. The zero-order valence-corrected chi connectivity index (χ0v) is 19.4. The molecule has 3 rings (SSSR count). The van der Waals surface area contributed by atoms with Crippen molar-refractivity contribution >= 4 is 29.3 Å². The molecular formula is C22H32Cl2N2O3. The lowest BCUT2D eigenvalue weighted by atomic mass is 9.82. The molecule has 7 heteroatoms. The first-order valence-electron chi connectivity index (χ1n) is 10.4. The number of hydrogen-bond acceptors (Lipinski definition) is 4. The average Bonchev–Trinajstić information content (AvgIpc) is 3.08. The minimum atomic E-state index is -0.479. The molecule has 1 amide bonds. The van der Waals surface area contributed by atoms with Gasteiger partial charge in [-0.25, -0.2) is 4.79 Å². The minimum absolute atomic E-state index is 0.102. The van der Waals surface area contributed by atoms with Gasteiger partial charge in [-0.2, -0.15) is 0 Å². The smallest absolute Gasteiger partial charge is 0.410 e. The summed E-state index contributed by atoms with van der Waals surface area (Å²) in [5.74, 6) is 1.05. The molecule has 0 N–H and O–H groups in total. The molecule has 162 valence electrons. The number of ether oxygens (including phenoxy) is 2. The maximum Gasteiger partial charge on any atom is 0.410 e. The monoisotopic (exact) mass is 442 g/mol. The molecule has 2 aliphatic rings. The quantitative estimate of drug-likeness (QED) is 0.573. The van der Waals surface area contributed by atoms with Crippen LogP contribution >= 0.6 is 23.2 Å². The van der Waals surface area contributed by atoms with Crippen LogP contribution in [0.25, 0.3) is 0 Å². The van der Waals surface area contributed by atoms with Crippen LogP contribution in [0.5, 0.6) is 5.75 Å². The van der Waals surface area contributed by atoms with Gasteiger partial charge in [0.25, 0.3) is 0 Å². The Hall–Kier alpha value is -1.17. The summed E-state index contributed by atoms with van der Waals surface area (Å²) >= 11 is 13.0. The van der Waals surface area contributed by atoms with Crippen LogP contribution in [0.15, 0.2) is 12.1 Å². The van der Waals surface area contributed by atoms with E-state index in [9.17, 15) is 4.79 Å². The van der Waals surface area contributed by atoms with Crippen molar-refractivity contribution in [1.82, 2.24) is 9.80 Å². The molecule has 0 radical (unpaired) electrons. The molecule has 1 heterocycles. The summed E-state index contributed by atoms with van der Waals surface area (Å²) in [6.07, 6.45) is 4.08. The maximum atomic E-state index is 12.1. The van der Waals surface area contributed by atoms with Crippen molar-refractivity contribution in [3.63, 3.8) is 0 Å². The summed E-state index contributed by atoms with van der Waals surface area (Å²) in [6.45, 7) is 9.35. The number of rotatable bonds is 6. The van der Waals surface area contributed by atoms with Gasteiger partial charge in [0.2, 0.25) is 0 Å². The van der Waals surface area contributed by atoms with Crippen LogP contribution in [0, 0.1) is 5.92 Å². The normalized spacial score (nSPS) is 22.3. The molecule has 0 atom stereocenters. The topological polar surface area (TPSA) is 42.0 Å². The van der Waals surface area contributed by atoms with Crippen molar-refractivity contribution in [2.45, 2.75) is 64.7 Å². The van der Waals surface area contributed by atoms with E-state index in [1.165, 1.54) is 12.8 Å². The number of amides is 1. The van der Waals surface area contributed by atoms with Crippen LogP contribution in [0.3, 0.4) is 0 Å². The molecule has 5 nitrogen and oxygen atoms in total. The number of benzene rings is 1. The second-order valence-corrected chi connectivity index (χ2v) is 10.1. The predicted molar refractivity (Wildman–Crippen MR) is 117 cm³/mol. The highest BCUT2D eigenvalue weighted by molar-refractivity contribution is 6.34. The Balaban J connectivity index is 1.47. The van der Waals surface area contributed by atoms with E-state index in [0.717, 1.165) is 38.0 Å². The first kappa shape index (κ1) is 22.5. The third-order valence-corrected chi connectivity index (χ3v) is 6.06. The van der Waals surface area contributed by atoms with Crippen molar-refractivity contribution in [1.29, 1.82) is 0 Å². The van der Waals surface area contributed by atoms with Crippen LogP contribution in [0.1, 0.15) is 52.0 Å². The van der Waals surface area contributed by atoms with E-state index in [0.29, 0.717) is 28.3 Å². The van der Waals surface area contributed by atoms with Gasteiger partial charge in [0, 0.05) is 31.2 Å². The van der Waals surface area contributed by atoms with Gasteiger partial charge in [-0.05, 0) is 77.1 Å². The Morgan fingerprint density at radius 3 is 2.45 bits per heavy atom. The fraction of sp³-hybridized carbons (Fsp3) is 0.682. The second kappa shape index (κ2) is 9.32. The van der Waals surface area contributed by atoms with Gasteiger partial charge in [-0.15, -0.1) is 0 Å². The first-order valence-corrected chi connectivity index (χ1v) is 11.2. The van der Waals surface area contributed by atoms with E-state index in [-0.39, 0.29) is 12.2 Å². The highest BCUT2D eigenvalue weighted by atomic mass is 35.5. The Labute approximate surface area is 184 Å². The molecule has 1 saturated carbocycles. The van der Waals surface area contributed by atoms with Crippen LogP contribution in [0.2, 0.25) is 10.0 Å². The van der Waals surface area contributed by atoms with Gasteiger partial charge < -0.3 is 14.4 Å². The van der Waals surface area contributed by atoms with E-state index in [1.54, 1.807) is 11.9 Å². The van der Waals surface area contributed by atoms with Crippen LogP contribution < -0.4 is 4.74 Å². The standard InChI is InChI=1S/C22H32Cl2N2O3/c1-22(2,3)29-21(27)25(4)13-15-9-17(10-15)28-20-12-18(23)16(11-19(20)24)14-26-7-5-6-8-26/h11-12,15,17H,5-10,13-14H2,1-4H3. The summed E-state index contributed by atoms with van der Waals surface area (Å²) < 4.78 is 11.5. The largest absolute Gasteiger partial charge is 0.489 e. The summed E-state index contributed by atoms with van der Waals surface area (Å²) in [4.78, 5) is 16.1. The van der Waals surface area contributed by atoms with E-state index in [4.69, 9.17) is 32.7 Å². The summed E-state index contributed by atoms with van der Waals surface area (Å²) in [5, 5.41) is 1.31. The Kier molecular flexibility index (Phi) is 7.23.